The van der Waals surface area contributed by atoms with Crippen LogP contribution in [0, 0.1) is 0 Å². The van der Waals surface area contributed by atoms with Crippen LogP contribution in [0.4, 0.5) is 20.4 Å². The number of ether oxygens (including phenoxy) is 1. The van der Waals surface area contributed by atoms with E-state index in [0.717, 1.165) is 18.1 Å². The van der Waals surface area contributed by atoms with Crippen LogP contribution in [0.15, 0.2) is 55.1 Å². The van der Waals surface area contributed by atoms with Gasteiger partial charge in [0.15, 0.2) is 6.61 Å². The Morgan fingerprint density at radius 3 is 2.72 bits per heavy atom. The van der Waals surface area contributed by atoms with Crippen molar-refractivity contribution in [3.63, 3.8) is 0 Å². The number of hydrogen-bond donors (Lipinski definition) is 3. The van der Waals surface area contributed by atoms with Crippen LogP contribution in [0.1, 0.15) is 12.5 Å². The molecule has 0 atom stereocenters. The minimum absolute atomic E-state index is 0.0992. The van der Waals surface area contributed by atoms with Crippen molar-refractivity contribution in [3.05, 3.63) is 60.7 Å². The van der Waals surface area contributed by atoms with E-state index < -0.39 is 5.92 Å². The van der Waals surface area contributed by atoms with E-state index in [9.17, 15) is 13.6 Å². The Kier molecular flexibility index (Phi) is 6.11. The molecule has 0 saturated carbocycles. The summed E-state index contributed by atoms with van der Waals surface area (Å²) < 4.78 is 31.7. The van der Waals surface area contributed by atoms with Gasteiger partial charge in [-0.05, 0) is 36.8 Å². The number of carbonyl (C=O) groups is 1. The van der Waals surface area contributed by atoms with Gasteiger partial charge in [-0.1, -0.05) is 18.2 Å². The number of nitrogens with one attached hydrogen (secondary N) is 3. The molecule has 3 aromatic rings. The summed E-state index contributed by atoms with van der Waals surface area (Å²) in [7, 11) is 0. The molecule has 29 heavy (non-hydrogen) atoms. The van der Waals surface area contributed by atoms with E-state index >= 15 is 0 Å². The molecule has 0 aliphatic carbocycles. The van der Waals surface area contributed by atoms with E-state index in [4.69, 9.17) is 4.74 Å². The molecule has 0 unspecified atom stereocenters. The third kappa shape index (κ3) is 6.03. The molecule has 0 radical (unpaired) electrons. The van der Waals surface area contributed by atoms with Gasteiger partial charge in [0.1, 0.15) is 5.75 Å². The first-order valence-electron chi connectivity index (χ1n) is 9.06. The molecule has 0 aliphatic heterocycles. The average Bonchev–Trinajstić information content (AvgIpc) is 3.06. The van der Waals surface area contributed by atoms with E-state index in [2.05, 4.69) is 27.2 Å². The highest BCUT2D eigenvalue weighted by Gasteiger charge is 2.21. The molecule has 3 N–H and O–H groups in total. The molecule has 3 rings (SSSR count). The predicted octanol–water partition coefficient (Wildman–Crippen LogP) is 4.19. The summed E-state index contributed by atoms with van der Waals surface area (Å²) in [5.74, 6) is -1.94. The van der Waals surface area contributed by atoms with Crippen LogP contribution in [0.25, 0.3) is 11.0 Å². The minimum atomic E-state index is -2.74. The Morgan fingerprint density at radius 1 is 1.28 bits per heavy atom. The Balaban J connectivity index is 1.63. The number of anilines is 2. The summed E-state index contributed by atoms with van der Waals surface area (Å²) in [6.07, 6.45) is 1.29. The van der Waals surface area contributed by atoms with Crippen molar-refractivity contribution < 1.29 is 18.3 Å². The van der Waals surface area contributed by atoms with Crippen LogP contribution in [-0.2, 0) is 11.2 Å². The molecule has 0 aliphatic rings. The number of halogens is 2. The number of hydrogen-bond acceptors (Lipinski definition) is 4. The highest BCUT2D eigenvalue weighted by atomic mass is 19.3. The lowest BCUT2D eigenvalue weighted by Crippen LogP contribution is -2.28. The second-order valence-electron chi connectivity index (χ2n) is 6.71. The predicted molar refractivity (Wildman–Crippen MR) is 109 cm³/mol. The van der Waals surface area contributed by atoms with Crippen LogP contribution in [-0.4, -0.2) is 34.9 Å². The fourth-order valence-electron chi connectivity index (χ4n) is 2.72. The zero-order valence-corrected chi connectivity index (χ0v) is 16.0. The second-order valence-corrected chi connectivity index (χ2v) is 6.71. The Bertz CT molecular complexity index is 994. The largest absolute Gasteiger partial charge is 0.484 e. The van der Waals surface area contributed by atoms with Crippen molar-refractivity contribution in [3.8, 4) is 5.75 Å². The molecular formula is C21H22F2N4O2. The first-order valence-corrected chi connectivity index (χ1v) is 9.06. The number of imidazole rings is 1. The standard InChI is InChI=1S/C21H22F2N4O2/c1-3-10-24-19(28)13-29-16-8-9-17-18(11-16)27-20(26-17)25-15-6-4-14(5-7-15)12-21(2,22)23/h3-9,11H,1,10,12-13H2,2H3,(H,24,28)(H2,25,26,27). The number of nitrogens with zero attached hydrogens (tertiary/aromatic N) is 1. The monoisotopic (exact) mass is 400 g/mol. The molecule has 0 spiro atoms. The SMILES string of the molecule is C=CCNC(=O)COc1ccc2[nH]c(Nc3ccc(CC(C)(F)F)cc3)nc2c1. The van der Waals surface area contributed by atoms with Crippen LogP contribution in [0.3, 0.4) is 0 Å². The summed E-state index contributed by atoms with van der Waals surface area (Å²) >= 11 is 0. The van der Waals surface area contributed by atoms with Crippen molar-refractivity contribution in [1.82, 2.24) is 15.3 Å². The number of H-pyrrole nitrogens is 1. The van der Waals surface area contributed by atoms with Gasteiger partial charge in [0.05, 0.1) is 11.0 Å². The van der Waals surface area contributed by atoms with Crippen LogP contribution in [0.2, 0.25) is 0 Å². The number of amides is 1. The van der Waals surface area contributed by atoms with Gasteiger partial charge in [0.25, 0.3) is 5.91 Å². The molecule has 1 aromatic heterocycles. The van der Waals surface area contributed by atoms with E-state index in [-0.39, 0.29) is 18.9 Å². The molecule has 152 valence electrons. The number of alkyl halides is 2. The van der Waals surface area contributed by atoms with Gasteiger partial charge < -0.3 is 20.4 Å². The number of aromatic amines is 1. The highest BCUT2D eigenvalue weighted by molar-refractivity contribution is 5.80. The van der Waals surface area contributed by atoms with E-state index in [1.165, 1.54) is 0 Å². The average molecular weight is 400 g/mol. The molecule has 6 nitrogen and oxygen atoms in total. The first-order chi connectivity index (χ1) is 13.8. The summed E-state index contributed by atoms with van der Waals surface area (Å²) in [5.41, 5.74) is 2.74. The minimum Gasteiger partial charge on any atom is -0.484 e. The number of rotatable bonds is 9. The highest BCUT2D eigenvalue weighted by Crippen LogP contribution is 2.24. The number of aromatic nitrogens is 2. The maximum atomic E-state index is 13.1. The lowest BCUT2D eigenvalue weighted by Gasteiger charge is -2.10. The molecular weight excluding hydrogens is 378 g/mol. The normalized spacial score (nSPS) is 11.3. The van der Waals surface area contributed by atoms with Gasteiger partial charge in [-0.2, -0.15) is 0 Å². The third-order valence-electron chi connectivity index (χ3n) is 4.00. The quantitative estimate of drug-likeness (QED) is 0.471. The number of fused-ring (bicyclic) bond motifs is 1. The van der Waals surface area contributed by atoms with Crippen molar-refractivity contribution in [2.75, 3.05) is 18.5 Å². The fraction of sp³-hybridized carbons (Fsp3) is 0.238. The maximum Gasteiger partial charge on any atom is 0.258 e. The van der Waals surface area contributed by atoms with Crippen LogP contribution in [0.5, 0.6) is 5.75 Å². The van der Waals surface area contributed by atoms with Gasteiger partial charge in [0, 0.05) is 24.7 Å². The summed E-state index contributed by atoms with van der Waals surface area (Å²) in [6.45, 7) is 4.72. The third-order valence-corrected chi connectivity index (χ3v) is 4.00. The maximum absolute atomic E-state index is 13.1. The fourth-order valence-corrected chi connectivity index (χ4v) is 2.72. The lowest BCUT2D eigenvalue weighted by molar-refractivity contribution is -0.122. The number of carbonyl (C=O) groups excluding carboxylic acids is 1. The van der Waals surface area contributed by atoms with Crippen molar-refractivity contribution in [2.24, 2.45) is 0 Å². The number of benzene rings is 2. The van der Waals surface area contributed by atoms with Crippen molar-refractivity contribution in [1.29, 1.82) is 0 Å². The zero-order chi connectivity index (χ0) is 20.9. The summed E-state index contributed by atoms with van der Waals surface area (Å²) in [6, 6.07) is 12.0. The molecule has 0 fully saturated rings. The van der Waals surface area contributed by atoms with Crippen LogP contribution < -0.4 is 15.4 Å². The molecule has 8 heteroatoms. The Hall–Kier alpha value is -3.42. The molecule has 0 bridgehead atoms. The molecule has 0 saturated heterocycles. The molecule has 2 aromatic carbocycles. The second kappa shape index (κ2) is 8.72. The van der Waals surface area contributed by atoms with Gasteiger partial charge in [-0.25, -0.2) is 13.8 Å². The summed E-state index contributed by atoms with van der Waals surface area (Å²) in [4.78, 5) is 19.2. The van der Waals surface area contributed by atoms with Crippen molar-refractivity contribution in [2.45, 2.75) is 19.3 Å². The smallest absolute Gasteiger partial charge is 0.258 e. The lowest BCUT2D eigenvalue weighted by atomic mass is 10.1. The van der Waals surface area contributed by atoms with Gasteiger partial charge in [-0.3, -0.25) is 4.79 Å². The Labute approximate surface area is 167 Å². The summed E-state index contributed by atoms with van der Waals surface area (Å²) in [5, 5.41) is 5.74. The van der Waals surface area contributed by atoms with Gasteiger partial charge in [0.2, 0.25) is 11.9 Å². The topological polar surface area (TPSA) is 79.0 Å². The van der Waals surface area contributed by atoms with E-state index in [0.29, 0.717) is 29.3 Å². The Morgan fingerprint density at radius 2 is 2.03 bits per heavy atom. The molecule has 1 amide bonds. The van der Waals surface area contributed by atoms with E-state index in [1.807, 2.05) is 0 Å². The van der Waals surface area contributed by atoms with Crippen molar-refractivity contribution >= 4 is 28.6 Å². The van der Waals surface area contributed by atoms with Gasteiger partial charge >= 0.3 is 0 Å². The molecule has 1 heterocycles. The van der Waals surface area contributed by atoms with E-state index in [1.54, 1.807) is 48.5 Å². The first kappa shape index (κ1) is 20.3. The zero-order valence-electron chi connectivity index (χ0n) is 16.0. The van der Waals surface area contributed by atoms with Gasteiger partial charge in [-0.15, -0.1) is 6.58 Å². The van der Waals surface area contributed by atoms with Crippen LogP contribution >= 0.6 is 0 Å².